The molecule has 0 saturated carbocycles. The van der Waals surface area contributed by atoms with Crippen LogP contribution in [0, 0.1) is 6.92 Å². The van der Waals surface area contributed by atoms with E-state index in [1.165, 1.54) is 12.2 Å². The van der Waals surface area contributed by atoms with E-state index < -0.39 is 29.4 Å². The van der Waals surface area contributed by atoms with Crippen LogP contribution < -0.4 is 5.32 Å². The van der Waals surface area contributed by atoms with Crippen LogP contribution >= 0.6 is 0 Å². The Morgan fingerprint density at radius 2 is 2.00 bits per heavy atom. The molecular formula is C9H7F3N2O3. The first-order valence-corrected chi connectivity index (χ1v) is 4.30. The molecule has 8 heteroatoms. The molecule has 0 aliphatic carbocycles. The first-order chi connectivity index (χ1) is 7.71. The van der Waals surface area contributed by atoms with Crippen molar-refractivity contribution in [2.75, 3.05) is 5.32 Å². The summed E-state index contributed by atoms with van der Waals surface area (Å²) in [7, 11) is 0. The van der Waals surface area contributed by atoms with Crippen LogP contribution in [0.2, 0.25) is 0 Å². The van der Waals surface area contributed by atoms with Gasteiger partial charge in [-0.2, -0.15) is 13.2 Å². The van der Waals surface area contributed by atoms with E-state index in [1.54, 1.807) is 0 Å². The fourth-order valence-corrected chi connectivity index (χ4v) is 1.01. The van der Waals surface area contributed by atoms with E-state index in [4.69, 9.17) is 5.11 Å². The molecule has 1 amide bonds. The number of hydrogen-bond donors (Lipinski definition) is 2. The molecule has 0 aliphatic heterocycles. The minimum atomic E-state index is -5.09. The average molecular weight is 248 g/mol. The summed E-state index contributed by atoms with van der Waals surface area (Å²) in [4.78, 5) is 24.8. The summed E-state index contributed by atoms with van der Waals surface area (Å²) in [5, 5.41) is 10.1. The van der Waals surface area contributed by atoms with Crippen molar-refractivity contribution in [2.45, 2.75) is 13.1 Å². The molecule has 5 nitrogen and oxygen atoms in total. The molecular weight excluding hydrogens is 241 g/mol. The number of aryl methyl sites for hydroxylation is 1. The number of pyridine rings is 1. The number of carboxylic acids is 1. The highest BCUT2D eigenvalue weighted by Crippen LogP contribution is 2.20. The summed E-state index contributed by atoms with van der Waals surface area (Å²) in [6.07, 6.45) is -3.94. The Morgan fingerprint density at radius 3 is 2.47 bits per heavy atom. The molecule has 1 heterocycles. The zero-order valence-electron chi connectivity index (χ0n) is 8.50. The van der Waals surface area contributed by atoms with E-state index in [-0.39, 0.29) is 0 Å². The normalized spacial score (nSPS) is 11.1. The second kappa shape index (κ2) is 4.40. The maximum absolute atomic E-state index is 12.0. The van der Waals surface area contributed by atoms with Crippen LogP contribution in [-0.2, 0) is 4.79 Å². The molecule has 0 spiro atoms. The van der Waals surface area contributed by atoms with Crippen molar-refractivity contribution in [1.82, 2.24) is 4.98 Å². The standard InChI is InChI=1S/C9H7F3N2O3/c1-4-2-5(7(15)16)6(13-3-4)14-8(17)9(10,11)12/h2-3H,1H3,(H,15,16)(H,13,14,17). The van der Waals surface area contributed by atoms with Crippen LogP contribution in [-0.4, -0.2) is 28.1 Å². The van der Waals surface area contributed by atoms with E-state index in [2.05, 4.69) is 4.98 Å². The Kier molecular flexibility index (Phi) is 3.35. The van der Waals surface area contributed by atoms with Gasteiger partial charge in [-0.15, -0.1) is 0 Å². The molecule has 0 fully saturated rings. The number of alkyl halides is 3. The Bertz CT molecular complexity index is 471. The van der Waals surface area contributed by atoms with Gasteiger partial charge >= 0.3 is 18.1 Å². The van der Waals surface area contributed by atoms with E-state index in [0.717, 1.165) is 12.3 Å². The van der Waals surface area contributed by atoms with Crippen LogP contribution in [0.25, 0.3) is 0 Å². The quantitative estimate of drug-likeness (QED) is 0.832. The van der Waals surface area contributed by atoms with Gasteiger partial charge in [-0.05, 0) is 18.6 Å². The third kappa shape index (κ3) is 3.16. The summed E-state index contributed by atoms with van der Waals surface area (Å²) in [5.41, 5.74) is -0.0463. The predicted molar refractivity (Wildman–Crippen MR) is 50.6 cm³/mol. The van der Waals surface area contributed by atoms with Gasteiger partial charge in [-0.1, -0.05) is 0 Å². The van der Waals surface area contributed by atoms with Gasteiger partial charge in [0.15, 0.2) is 0 Å². The average Bonchev–Trinajstić information content (AvgIpc) is 2.18. The van der Waals surface area contributed by atoms with Crippen LogP contribution in [0.1, 0.15) is 15.9 Å². The third-order valence-electron chi connectivity index (χ3n) is 1.74. The lowest BCUT2D eigenvalue weighted by Gasteiger charge is -2.09. The molecule has 0 bridgehead atoms. The maximum atomic E-state index is 12.0. The number of carbonyl (C=O) groups is 2. The number of amides is 1. The monoisotopic (exact) mass is 248 g/mol. The number of nitrogens with one attached hydrogen (secondary N) is 1. The second-order valence-corrected chi connectivity index (χ2v) is 3.17. The zero-order chi connectivity index (χ0) is 13.2. The van der Waals surface area contributed by atoms with Crippen molar-refractivity contribution in [3.05, 3.63) is 23.4 Å². The van der Waals surface area contributed by atoms with Gasteiger partial charge in [0.1, 0.15) is 11.4 Å². The van der Waals surface area contributed by atoms with Crippen LogP contribution in [0.15, 0.2) is 12.3 Å². The molecule has 1 aromatic heterocycles. The summed E-state index contributed by atoms with van der Waals surface area (Å²) >= 11 is 0. The number of nitrogens with zero attached hydrogens (tertiary/aromatic N) is 1. The maximum Gasteiger partial charge on any atom is 0.471 e. The van der Waals surface area contributed by atoms with Gasteiger partial charge < -0.3 is 10.4 Å². The predicted octanol–water partition coefficient (Wildman–Crippen LogP) is 1.59. The summed E-state index contributed by atoms with van der Waals surface area (Å²) in [6.45, 7) is 1.52. The van der Waals surface area contributed by atoms with Gasteiger partial charge in [0, 0.05) is 6.20 Å². The fourth-order valence-electron chi connectivity index (χ4n) is 1.01. The molecule has 0 atom stereocenters. The van der Waals surface area contributed by atoms with Crippen molar-refractivity contribution in [3.8, 4) is 0 Å². The number of anilines is 1. The molecule has 0 aliphatic rings. The van der Waals surface area contributed by atoms with Crippen molar-refractivity contribution >= 4 is 17.7 Å². The van der Waals surface area contributed by atoms with Crippen LogP contribution in [0.5, 0.6) is 0 Å². The molecule has 1 rings (SSSR count). The molecule has 0 aromatic carbocycles. The van der Waals surface area contributed by atoms with Crippen molar-refractivity contribution < 1.29 is 27.9 Å². The van der Waals surface area contributed by atoms with Crippen molar-refractivity contribution in [1.29, 1.82) is 0 Å². The topological polar surface area (TPSA) is 79.3 Å². The lowest BCUT2D eigenvalue weighted by Crippen LogP contribution is -2.31. The number of rotatable bonds is 2. The van der Waals surface area contributed by atoms with E-state index >= 15 is 0 Å². The molecule has 17 heavy (non-hydrogen) atoms. The van der Waals surface area contributed by atoms with Crippen molar-refractivity contribution in [3.63, 3.8) is 0 Å². The Morgan fingerprint density at radius 1 is 1.41 bits per heavy atom. The number of halogens is 3. The zero-order valence-corrected chi connectivity index (χ0v) is 8.50. The van der Waals surface area contributed by atoms with Crippen LogP contribution in [0.3, 0.4) is 0 Å². The molecule has 0 saturated heterocycles. The highest BCUT2D eigenvalue weighted by Gasteiger charge is 2.39. The Balaban J connectivity index is 3.07. The highest BCUT2D eigenvalue weighted by molar-refractivity contribution is 6.01. The molecule has 1 aromatic rings. The highest BCUT2D eigenvalue weighted by atomic mass is 19.4. The fraction of sp³-hybridized carbons (Fsp3) is 0.222. The van der Waals surface area contributed by atoms with E-state index in [0.29, 0.717) is 5.56 Å². The minimum Gasteiger partial charge on any atom is -0.478 e. The van der Waals surface area contributed by atoms with Gasteiger partial charge in [0.05, 0.1) is 0 Å². The number of hydrogen-bond acceptors (Lipinski definition) is 3. The largest absolute Gasteiger partial charge is 0.478 e. The van der Waals surface area contributed by atoms with Crippen LogP contribution in [0.4, 0.5) is 19.0 Å². The van der Waals surface area contributed by atoms with Gasteiger partial charge in [-0.25, -0.2) is 9.78 Å². The summed E-state index contributed by atoms with van der Waals surface area (Å²) < 4.78 is 35.9. The van der Waals surface area contributed by atoms with Gasteiger partial charge in [0.2, 0.25) is 0 Å². The molecule has 0 unspecified atom stereocenters. The third-order valence-corrected chi connectivity index (χ3v) is 1.74. The number of aromatic carboxylic acids is 1. The lowest BCUT2D eigenvalue weighted by atomic mass is 10.2. The number of aromatic nitrogens is 1. The molecule has 0 radical (unpaired) electrons. The lowest BCUT2D eigenvalue weighted by molar-refractivity contribution is -0.167. The summed E-state index contributed by atoms with van der Waals surface area (Å²) in [6, 6.07) is 1.11. The van der Waals surface area contributed by atoms with E-state index in [9.17, 15) is 22.8 Å². The van der Waals surface area contributed by atoms with Gasteiger partial charge in [-0.3, -0.25) is 4.79 Å². The number of carbonyl (C=O) groups excluding carboxylic acids is 1. The minimum absolute atomic E-state index is 0.451. The van der Waals surface area contributed by atoms with E-state index in [1.807, 2.05) is 0 Å². The first-order valence-electron chi connectivity index (χ1n) is 4.30. The Hall–Kier alpha value is -2.12. The van der Waals surface area contributed by atoms with Crippen molar-refractivity contribution in [2.24, 2.45) is 0 Å². The number of carboxylic acid groups (broad SMARTS) is 1. The summed E-state index contributed by atoms with van der Waals surface area (Å²) in [5.74, 6) is -4.37. The van der Waals surface area contributed by atoms with Gasteiger partial charge in [0.25, 0.3) is 0 Å². The smallest absolute Gasteiger partial charge is 0.471 e. The molecule has 2 N–H and O–H groups in total. The Labute approximate surface area is 93.3 Å². The first kappa shape index (κ1) is 12.9. The SMILES string of the molecule is Cc1cnc(NC(=O)C(F)(F)F)c(C(=O)O)c1. The molecule has 92 valence electrons. The second-order valence-electron chi connectivity index (χ2n) is 3.17.